The number of hydrogen-bond donors (Lipinski definition) is 2. The fourth-order valence-corrected chi connectivity index (χ4v) is 1.01. The van der Waals surface area contributed by atoms with Gasteiger partial charge in [-0.2, -0.15) is 0 Å². The molecule has 0 radical (unpaired) electrons. The molecule has 4 nitrogen and oxygen atoms in total. The summed E-state index contributed by atoms with van der Waals surface area (Å²) in [7, 11) is 0. The van der Waals surface area contributed by atoms with Crippen molar-refractivity contribution in [1.82, 2.24) is 5.32 Å². The van der Waals surface area contributed by atoms with E-state index in [0.717, 1.165) is 25.7 Å². The van der Waals surface area contributed by atoms with Gasteiger partial charge < -0.3 is 10.4 Å². The zero-order chi connectivity index (χ0) is 10.8. The lowest BCUT2D eigenvalue weighted by atomic mass is 10.1. The maximum absolute atomic E-state index is 10.4. The minimum Gasteiger partial charge on any atom is -0.478 e. The number of hydrogen-bond acceptors (Lipinski definition) is 2. The van der Waals surface area contributed by atoms with Gasteiger partial charge in [0, 0.05) is 12.1 Å². The molecule has 0 aliphatic heterocycles. The van der Waals surface area contributed by atoms with Crippen LogP contribution >= 0.6 is 0 Å². The molecule has 0 unspecified atom stereocenters. The Kier molecular flexibility index (Phi) is 7.50. The Morgan fingerprint density at radius 1 is 1.36 bits per heavy atom. The molecule has 0 bridgehead atoms. The van der Waals surface area contributed by atoms with Crippen LogP contribution in [0.25, 0.3) is 0 Å². The highest BCUT2D eigenvalue weighted by molar-refractivity contribution is 5.85. The zero-order valence-corrected chi connectivity index (χ0v) is 8.45. The van der Waals surface area contributed by atoms with E-state index < -0.39 is 5.97 Å². The highest BCUT2D eigenvalue weighted by atomic mass is 16.4. The molecule has 14 heavy (non-hydrogen) atoms. The van der Waals surface area contributed by atoms with Crippen molar-refractivity contribution in [2.75, 3.05) is 6.54 Å². The first kappa shape index (κ1) is 12.7. The van der Waals surface area contributed by atoms with E-state index in [1.54, 1.807) is 13.0 Å². The molecule has 2 N–H and O–H groups in total. The smallest absolute Gasteiger partial charge is 0.330 e. The minimum absolute atomic E-state index is 0.399. The molecule has 0 fully saturated rings. The van der Waals surface area contributed by atoms with Crippen LogP contribution in [0.3, 0.4) is 0 Å². The van der Waals surface area contributed by atoms with Crippen molar-refractivity contribution in [2.24, 2.45) is 0 Å². The minimum atomic E-state index is -0.854. The Morgan fingerprint density at radius 2 is 2.07 bits per heavy atom. The van der Waals surface area contributed by atoms with Gasteiger partial charge in [0.15, 0.2) is 0 Å². The Morgan fingerprint density at radius 3 is 2.64 bits per heavy atom. The highest BCUT2D eigenvalue weighted by Gasteiger charge is 1.97. The van der Waals surface area contributed by atoms with Crippen molar-refractivity contribution in [1.29, 1.82) is 0 Å². The molecule has 0 rings (SSSR count). The Balaban J connectivity index is 3.33. The maximum atomic E-state index is 10.4. The summed E-state index contributed by atoms with van der Waals surface area (Å²) < 4.78 is 0. The molecular formula is C10H17NO3. The van der Waals surface area contributed by atoms with Gasteiger partial charge in [-0.15, -0.1) is 0 Å². The van der Waals surface area contributed by atoms with E-state index in [1.165, 1.54) is 0 Å². The first-order valence-electron chi connectivity index (χ1n) is 4.75. The van der Waals surface area contributed by atoms with E-state index in [9.17, 15) is 9.59 Å². The molecule has 0 aliphatic carbocycles. The lowest BCUT2D eigenvalue weighted by molar-refractivity contribution is -0.132. The fraction of sp³-hybridized carbons (Fsp3) is 0.600. The summed E-state index contributed by atoms with van der Waals surface area (Å²) in [5, 5.41) is 11.1. The second-order valence-electron chi connectivity index (χ2n) is 3.11. The molecule has 0 aromatic heterocycles. The van der Waals surface area contributed by atoms with E-state index >= 15 is 0 Å². The van der Waals surface area contributed by atoms with E-state index in [4.69, 9.17) is 5.11 Å². The average Bonchev–Trinajstić information content (AvgIpc) is 2.16. The van der Waals surface area contributed by atoms with Crippen LogP contribution < -0.4 is 5.32 Å². The van der Waals surface area contributed by atoms with Crippen LogP contribution in [0.2, 0.25) is 0 Å². The molecule has 0 aliphatic rings. The Labute approximate surface area is 84.0 Å². The number of aliphatic carboxylic acids is 1. The number of nitrogens with one attached hydrogen (secondary N) is 1. The zero-order valence-electron chi connectivity index (χ0n) is 8.45. The third kappa shape index (κ3) is 7.34. The van der Waals surface area contributed by atoms with Crippen LogP contribution in [0.5, 0.6) is 0 Å². The quantitative estimate of drug-likeness (QED) is 0.352. The van der Waals surface area contributed by atoms with Crippen molar-refractivity contribution in [3.8, 4) is 0 Å². The molecule has 0 atom stereocenters. The number of carboxylic acid groups (broad SMARTS) is 1. The van der Waals surface area contributed by atoms with Crippen LogP contribution in [-0.4, -0.2) is 24.0 Å². The lowest BCUT2D eigenvalue weighted by Crippen LogP contribution is -2.11. The van der Waals surface area contributed by atoms with Gasteiger partial charge in [-0.25, -0.2) is 4.79 Å². The molecule has 80 valence electrons. The second kappa shape index (κ2) is 8.29. The number of carbonyl (C=O) groups excluding carboxylic acids is 1. The number of carbonyl (C=O) groups is 2. The first-order valence-corrected chi connectivity index (χ1v) is 4.75. The number of allylic oxidation sites excluding steroid dienone is 1. The summed E-state index contributed by atoms with van der Waals surface area (Å²) in [6.07, 6.45) is 6.12. The summed E-state index contributed by atoms with van der Waals surface area (Å²) in [5.41, 5.74) is 0.399. The van der Waals surface area contributed by atoms with Gasteiger partial charge in [0.1, 0.15) is 0 Å². The predicted molar refractivity (Wildman–Crippen MR) is 53.9 cm³/mol. The molecule has 0 aromatic carbocycles. The summed E-state index contributed by atoms with van der Waals surface area (Å²) in [6, 6.07) is 0. The molecule has 1 amide bonds. The summed E-state index contributed by atoms with van der Waals surface area (Å²) in [5.74, 6) is -0.854. The van der Waals surface area contributed by atoms with Crippen molar-refractivity contribution < 1.29 is 14.7 Å². The van der Waals surface area contributed by atoms with Crippen LogP contribution in [0.15, 0.2) is 11.6 Å². The number of amides is 1. The number of rotatable bonds is 8. The number of carboxylic acids is 1. The molecule has 4 heteroatoms. The van der Waals surface area contributed by atoms with Crippen LogP contribution in [-0.2, 0) is 9.59 Å². The first-order chi connectivity index (χ1) is 6.68. The third-order valence-corrected chi connectivity index (χ3v) is 1.90. The normalized spacial score (nSPS) is 11.1. The van der Waals surface area contributed by atoms with Gasteiger partial charge >= 0.3 is 5.97 Å². The summed E-state index contributed by atoms with van der Waals surface area (Å²) in [4.78, 5) is 20.3. The average molecular weight is 199 g/mol. The van der Waals surface area contributed by atoms with Gasteiger partial charge in [-0.1, -0.05) is 12.5 Å². The standard InChI is InChI=1S/C10H17NO3/c1-9(10(13)14)6-4-2-3-5-7-11-8-12/h6,8H,2-5,7H2,1H3,(H,11,12)(H,13,14). The van der Waals surface area contributed by atoms with E-state index in [1.807, 2.05) is 0 Å². The molecule has 0 spiro atoms. The summed E-state index contributed by atoms with van der Waals surface area (Å²) in [6.45, 7) is 2.29. The van der Waals surface area contributed by atoms with Crippen LogP contribution in [0.1, 0.15) is 32.6 Å². The monoisotopic (exact) mass is 199 g/mol. The molecule has 0 heterocycles. The van der Waals surface area contributed by atoms with E-state index in [0.29, 0.717) is 18.5 Å². The SMILES string of the molecule is CC(=CCCCCCNC=O)C(=O)O. The topological polar surface area (TPSA) is 66.4 Å². The highest BCUT2D eigenvalue weighted by Crippen LogP contribution is 2.03. The largest absolute Gasteiger partial charge is 0.478 e. The Hall–Kier alpha value is -1.32. The van der Waals surface area contributed by atoms with Crippen molar-refractivity contribution in [3.05, 3.63) is 11.6 Å². The van der Waals surface area contributed by atoms with Crippen LogP contribution in [0, 0.1) is 0 Å². The predicted octanol–water partition coefficient (Wildman–Crippen LogP) is 1.32. The van der Waals surface area contributed by atoms with Crippen molar-refractivity contribution in [2.45, 2.75) is 32.6 Å². The maximum Gasteiger partial charge on any atom is 0.330 e. The molecule has 0 aromatic rings. The molecule has 0 saturated carbocycles. The van der Waals surface area contributed by atoms with Gasteiger partial charge in [0.05, 0.1) is 0 Å². The molecular weight excluding hydrogens is 182 g/mol. The van der Waals surface area contributed by atoms with Gasteiger partial charge in [-0.05, 0) is 26.2 Å². The van der Waals surface area contributed by atoms with Crippen molar-refractivity contribution in [3.63, 3.8) is 0 Å². The Bertz CT molecular complexity index is 211. The van der Waals surface area contributed by atoms with E-state index in [2.05, 4.69) is 5.32 Å². The second-order valence-corrected chi connectivity index (χ2v) is 3.11. The fourth-order valence-electron chi connectivity index (χ4n) is 1.01. The van der Waals surface area contributed by atoms with E-state index in [-0.39, 0.29) is 0 Å². The molecule has 0 saturated heterocycles. The third-order valence-electron chi connectivity index (χ3n) is 1.90. The number of unbranched alkanes of at least 4 members (excludes halogenated alkanes) is 3. The summed E-state index contributed by atoms with van der Waals surface area (Å²) >= 11 is 0. The van der Waals surface area contributed by atoms with Gasteiger partial charge in [0.25, 0.3) is 0 Å². The van der Waals surface area contributed by atoms with Gasteiger partial charge in [0.2, 0.25) is 6.41 Å². The van der Waals surface area contributed by atoms with Crippen molar-refractivity contribution >= 4 is 12.4 Å². The van der Waals surface area contributed by atoms with Crippen LogP contribution in [0.4, 0.5) is 0 Å². The van der Waals surface area contributed by atoms with Gasteiger partial charge in [-0.3, -0.25) is 4.79 Å². The lowest BCUT2D eigenvalue weighted by Gasteiger charge is -1.98.